The molecule has 3 aromatic rings. The highest BCUT2D eigenvalue weighted by molar-refractivity contribution is 7.15. The summed E-state index contributed by atoms with van der Waals surface area (Å²) in [6, 6.07) is 9.23. The Labute approximate surface area is 148 Å². The maximum absolute atomic E-state index is 12.2. The quantitative estimate of drug-likeness (QED) is 0.738. The van der Waals surface area contributed by atoms with Gasteiger partial charge >= 0.3 is 0 Å². The monoisotopic (exact) mass is 354 g/mol. The molecule has 2 heterocycles. The molecule has 0 unspecified atom stereocenters. The molecule has 2 aromatic heterocycles. The Morgan fingerprint density at radius 1 is 1.32 bits per heavy atom. The Kier molecular flexibility index (Phi) is 4.01. The molecule has 0 atom stereocenters. The van der Waals surface area contributed by atoms with Gasteiger partial charge in [0.25, 0.3) is 11.5 Å². The average Bonchev–Trinajstić information content (AvgIpc) is 3.34. The summed E-state index contributed by atoms with van der Waals surface area (Å²) in [6.45, 7) is 2.35. The number of thiazole rings is 1. The first kappa shape index (κ1) is 15.8. The number of nitrogens with one attached hydrogen (secondary N) is 2. The number of carbonyl (C=O) groups is 1. The zero-order chi connectivity index (χ0) is 17.4. The Morgan fingerprint density at radius 2 is 2.08 bits per heavy atom. The molecule has 0 saturated heterocycles. The highest BCUT2D eigenvalue weighted by atomic mass is 32.1. The van der Waals surface area contributed by atoms with Crippen LogP contribution in [0.4, 0.5) is 5.69 Å². The van der Waals surface area contributed by atoms with Crippen molar-refractivity contribution in [1.82, 2.24) is 14.7 Å². The topological polar surface area (TPSA) is 75.5 Å². The van der Waals surface area contributed by atoms with Crippen LogP contribution in [0.2, 0.25) is 0 Å². The van der Waals surface area contributed by atoms with Gasteiger partial charge in [-0.25, -0.2) is 4.98 Å². The van der Waals surface area contributed by atoms with Gasteiger partial charge in [-0.05, 0) is 44.0 Å². The number of hydrogen-bond acceptors (Lipinski definition) is 5. The predicted molar refractivity (Wildman–Crippen MR) is 98.3 cm³/mol. The third kappa shape index (κ3) is 3.41. The summed E-state index contributed by atoms with van der Waals surface area (Å²) < 4.78 is 1.61. The van der Waals surface area contributed by atoms with E-state index < -0.39 is 0 Å². The highest BCUT2D eigenvalue weighted by Gasteiger charge is 2.23. The number of amides is 1. The van der Waals surface area contributed by atoms with E-state index in [0.717, 1.165) is 24.2 Å². The van der Waals surface area contributed by atoms with E-state index in [0.29, 0.717) is 28.8 Å². The van der Waals surface area contributed by atoms with E-state index in [-0.39, 0.29) is 11.5 Å². The molecule has 25 heavy (non-hydrogen) atoms. The lowest BCUT2D eigenvalue weighted by Gasteiger charge is -2.08. The van der Waals surface area contributed by atoms with Crippen LogP contribution in [0.5, 0.6) is 0 Å². The third-order valence-electron chi connectivity index (χ3n) is 4.16. The number of nitrogens with zero attached hydrogens (tertiary/aromatic N) is 2. The zero-order valence-corrected chi connectivity index (χ0v) is 14.6. The van der Waals surface area contributed by atoms with Gasteiger partial charge in [-0.3, -0.25) is 14.0 Å². The molecule has 1 aromatic carbocycles. The Balaban J connectivity index is 1.44. The fraction of sp³-hybridized carbons (Fsp3) is 0.278. The number of aromatic nitrogens is 2. The van der Waals surface area contributed by atoms with E-state index in [4.69, 9.17) is 0 Å². The summed E-state index contributed by atoms with van der Waals surface area (Å²) in [5.41, 5.74) is 3.07. The summed E-state index contributed by atoms with van der Waals surface area (Å²) in [5.74, 6) is -0.0257. The normalized spacial score (nSPS) is 13.8. The van der Waals surface area contributed by atoms with Crippen molar-refractivity contribution in [2.75, 3.05) is 5.32 Å². The third-order valence-corrected chi connectivity index (χ3v) is 5.11. The Bertz CT molecular complexity index is 986. The van der Waals surface area contributed by atoms with E-state index in [1.54, 1.807) is 22.6 Å². The lowest BCUT2D eigenvalue weighted by atomic mass is 10.2. The fourth-order valence-electron chi connectivity index (χ4n) is 2.62. The van der Waals surface area contributed by atoms with Gasteiger partial charge in [0.2, 0.25) is 0 Å². The van der Waals surface area contributed by atoms with Crippen molar-refractivity contribution in [2.45, 2.75) is 32.4 Å². The van der Waals surface area contributed by atoms with Crippen molar-refractivity contribution < 1.29 is 4.79 Å². The molecule has 7 heteroatoms. The number of rotatable bonds is 5. The Morgan fingerprint density at radius 3 is 2.80 bits per heavy atom. The van der Waals surface area contributed by atoms with Gasteiger partial charge in [0.15, 0.2) is 4.96 Å². The van der Waals surface area contributed by atoms with Crippen LogP contribution < -0.4 is 16.2 Å². The molecule has 4 rings (SSSR count). The van der Waals surface area contributed by atoms with Gasteiger partial charge < -0.3 is 10.6 Å². The molecule has 0 spiro atoms. The first-order valence-corrected chi connectivity index (χ1v) is 9.10. The van der Waals surface area contributed by atoms with Crippen LogP contribution in [0.25, 0.3) is 4.96 Å². The van der Waals surface area contributed by atoms with E-state index in [1.165, 1.54) is 11.3 Å². The highest BCUT2D eigenvalue weighted by Crippen LogP contribution is 2.20. The molecule has 1 amide bonds. The van der Waals surface area contributed by atoms with Crippen LogP contribution in [-0.4, -0.2) is 21.3 Å². The van der Waals surface area contributed by atoms with Crippen LogP contribution >= 0.6 is 11.3 Å². The first-order chi connectivity index (χ1) is 12.1. The maximum atomic E-state index is 12.2. The fourth-order valence-corrected chi connectivity index (χ4v) is 3.51. The minimum absolute atomic E-state index is 0.0257. The van der Waals surface area contributed by atoms with E-state index in [9.17, 15) is 9.59 Å². The van der Waals surface area contributed by atoms with Crippen molar-refractivity contribution in [2.24, 2.45) is 0 Å². The zero-order valence-electron chi connectivity index (χ0n) is 13.8. The maximum Gasteiger partial charge on any atom is 0.259 e. The largest absolute Gasteiger partial charge is 0.379 e. The molecule has 0 radical (unpaired) electrons. The average molecular weight is 354 g/mol. The minimum atomic E-state index is -0.0624. The number of aryl methyl sites for hydroxylation is 1. The second-order valence-corrected chi connectivity index (χ2v) is 7.10. The summed E-state index contributed by atoms with van der Waals surface area (Å²) >= 11 is 1.46. The number of hydrogen-bond donors (Lipinski definition) is 2. The van der Waals surface area contributed by atoms with Gasteiger partial charge in [0.05, 0.1) is 12.2 Å². The van der Waals surface area contributed by atoms with Crippen molar-refractivity contribution >= 4 is 27.9 Å². The molecule has 1 saturated carbocycles. The predicted octanol–water partition coefficient (Wildman–Crippen LogP) is 2.57. The van der Waals surface area contributed by atoms with Gasteiger partial charge in [-0.2, -0.15) is 0 Å². The van der Waals surface area contributed by atoms with E-state index >= 15 is 0 Å². The minimum Gasteiger partial charge on any atom is -0.379 e. The van der Waals surface area contributed by atoms with Crippen LogP contribution in [0.3, 0.4) is 0 Å². The van der Waals surface area contributed by atoms with Crippen LogP contribution in [0.1, 0.15) is 34.6 Å². The van der Waals surface area contributed by atoms with Gasteiger partial charge in [-0.1, -0.05) is 0 Å². The Hall–Kier alpha value is -2.67. The molecule has 6 nitrogen and oxygen atoms in total. The van der Waals surface area contributed by atoms with Crippen molar-refractivity contribution in [3.05, 3.63) is 63.0 Å². The molecule has 0 bridgehead atoms. The number of fused-ring (bicyclic) bond motifs is 1. The molecule has 128 valence electrons. The van der Waals surface area contributed by atoms with Crippen LogP contribution in [-0.2, 0) is 6.54 Å². The number of carbonyl (C=O) groups excluding carboxylic acids is 1. The van der Waals surface area contributed by atoms with Crippen LogP contribution in [0.15, 0.2) is 40.5 Å². The lowest BCUT2D eigenvalue weighted by molar-refractivity contribution is 0.0951. The summed E-state index contributed by atoms with van der Waals surface area (Å²) in [5, 5.41) is 8.13. The molecule has 2 N–H and O–H groups in total. The summed E-state index contributed by atoms with van der Waals surface area (Å²) in [4.78, 5) is 29.4. The van der Waals surface area contributed by atoms with Crippen LogP contribution in [0, 0.1) is 6.92 Å². The van der Waals surface area contributed by atoms with Crippen molar-refractivity contribution in [1.29, 1.82) is 0 Å². The van der Waals surface area contributed by atoms with Crippen molar-refractivity contribution in [3.63, 3.8) is 0 Å². The lowest BCUT2D eigenvalue weighted by Crippen LogP contribution is -2.25. The number of benzene rings is 1. The second kappa shape index (κ2) is 6.33. The van der Waals surface area contributed by atoms with Gasteiger partial charge in [0.1, 0.15) is 0 Å². The summed E-state index contributed by atoms with van der Waals surface area (Å²) in [6.07, 6.45) is 2.15. The van der Waals surface area contributed by atoms with Gasteiger partial charge in [-0.15, -0.1) is 11.3 Å². The molecular formula is C18H18N4O2S. The molecule has 0 aliphatic heterocycles. The van der Waals surface area contributed by atoms with E-state index in [1.807, 2.05) is 24.4 Å². The first-order valence-electron chi connectivity index (χ1n) is 8.22. The SMILES string of the molecule is Cc1csc2nc(CNc3ccc(C(=O)NC4CC4)cc3)cc(=O)n12. The van der Waals surface area contributed by atoms with Crippen molar-refractivity contribution in [3.8, 4) is 0 Å². The second-order valence-electron chi connectivity index (χ2n) is 6.26. The standard InChI is InChI=1S/C18H18N4O2S/c1-11-10-25-18-21-15(8-16(23)22(11)18)9-19-13-4-2-12(3-5-13)17(24)20-14-6-7-14/h2-5,8,10,14,19H,6-7,9H2,1H3,(H,20,24). The molecule has 1 fully saturated rings. The number of anilines is 1. The molecular weight excluding hydrogens is 336 g/mol. The summed E-state index contributed by atoms with van der Waals surface area (Å²) in [7, 11) is 0. The smallest absolute Gasteiger partial charge is 0.259 e. The van der Waals surface area contributed by atoms with E-state index in [2.05, 4.69) is 15.6 Å². The van der Waals surface area contributed by atoms with Gasteiger partial charge in [0, 0.05) is 34.4 Å². The molecule has 1 aliphatic carbocycles. The molecule has 1 aliphatic rings.